The first-order chi connectivity index (χ1) is 17.7. The summed E-state index contributed by atoms with van der Waals surface area (Å²) in [5, 5.41) is 2.90. The maximum Gasteiger partial charge on any atom is 0.275 e. The fourth-order valence-electron chi connectivity index (χ4n) is 5.21. The van der Waals surface area contributed by atoms with Gasteiger partial charge in [-0.15, -0.1) is 0 Å². The third-order valence-corrected chi connectivity index (χ3v) is 6.72. The highest BCUT2D eigenvalue weighted by molar-refractivity contribution is 5.77. The van der Waals surface area contributed by atoms with E-state index in [1.54, 1.807) is 11.7 Å². The van der Waals surface area contributed by atoms with Gasteiger partial charge in [0, 0.05) is 37.1 Å². The molecule has 8 nitrogen and oxygen atoms in total. The number of carbonyl (C=O) groups excluding carboxylic acids is 1. The number of hydrogen-bond acceptors (Lipinski definition) is 5. The van der Waals surface area contributed by atoms with Crippen LogP contribution in [0.3, 0.4) is 0 Å². The first-order valence-electron chi connectivity index (χ1n) is 13.3. The summed E-state index contributed by atoms with van der Waals surface area (Å²) in [6, 6.07) is 9.52. The van der Waals surface area contributed by atoms with Gasteiger partial charge in [0.2, 0.25) is 5.91 Å². The lowest BCUT2D eigenvalue weighted by molar-refractivity contribution is -0.122. The average Bonchev–Trinajstić information content (AvgIpc) is 3.26. The lowest BCUT2D eigenvalue weighted by atomic mass is 10.1. The van der Waals surface area contributed by atoms with Crippen LogP contribution in [0.2, 0.25) is 0 Å². The Morgan fingerprint density at radius 2 is 1.89 bits per heavy atom. The summed E-state index contributed by atoms with van der Waals surface area (Å²) >= 11 is 0. The summed E-state index contributed by atoms with van der Waals surface area (Å²) in [6.07, 6.45) is 7.59. The van der Waals surface area contributed by atoms with Crippen molar-refractivity contribution in [3.63, 3.8) is 0 Å². The van der Waals surface area contributed by atoms with Crippen LogP contribution in [0.1, 0.15) is 46.1 Å². The van der Waals surface area contributed by atoms with Crippen molar-refractivity contribution in [1.82, 2.24) is 19.2 Å². The van der Waals surface area contributed by atoms with Gasteiger partial charge in [-0.1, -0.05) is 12.1 Å². The number of fused-ring (bicyclic) bond motifs is 1. The molecule has 0 saturated carbocycles. The second-order valence-electron chi connectivity index (χ2n) is 10.5. The van der Waals surface area contributed by atoms with Gasteiger partial charge in [0.1, 0.15) is 17.8 Å². The van der Waals surface area contributed by atoms with E-state index in [2.05, 4.69) is 24.1 Å². The Morgan fingerprint density at radius 3 is 2.59 bits per heavy atom. The highest BCUT2D eigenvalue weighted by atomic mass is 16.5. The number of rotatable bonds is 10. The van der Waals surface area contributed by atoms with E-state index in [-0.39, 0.29) is 36.3 Å². The van der Waals surface area contributed by atoms with Crippen LogP contribution in [0, 0.1) is 0 Å². The topological polar surface area (TPSA) is 77.2 Å². The Morgan fingerprint density at radius 1 is 1.14 bits per heavy atom. The second-order valence-corrected chi connectivity index (χ2v) is 10.5. The van der Waals surface area contributed by atoms with Crippen LogP contribution in [0.4, 0.5) is 0 Å². The summed E-state index contributed by atoms with van der Waals surface area (Å²) in [5.74, 6) is 0.504. The molecule has 1 fully saturated rings. The molecule has 200 valence electrons. The molecule has 8 heteroatoms. The third kappa shape index (κ3) is 6.81. The maximum absolute atomic E-state index is 13.6. The normalized spacial score (nSPS) is 18.4. The molecule has 1 aromatic carbocycles. The monoisotopic (exact) mass is 508 g/mol. The minimum absolute atomic E-state index is 0.00371. The molecule has 3 aromatic rings. The Bertz CT molecular complexity index is 1270. The molecule has 1 aliphatic heterocycles. The number of nitrogens with zero attached hydrogens (tertiary/aromatic N) is 3. The van der Waals surface area contributed by atoms with E-state index < -0.39 is 0 Å². The molecule has 0 spiro atoms. The molecule has 0 aliphatic carbocycles. The summed E-state index contributed by atoms with van der Waals surface area (Å²) in [7, 11) is 1.61. The molecule has 0 radical (unpaired) electrons. The third-order valence-electron chi connectivity index (χ3n) is 6.72. The number of aromatic nitrogens is 2. The minimum atomic E-state index is -0.191. The fraction of sp³-hybridized carbons (Fsp3) is 0.517. The SMILES string of the molecule is COc1cccc(-c2cn3cc(CCCCN4C[C@@H](C)O[C@H](C)C4)cc3c(=O)n2CC(=O)NC(C)C)c1. The number of ether oxygens (including phenoxy) is 2. The molecule has 1 N–H and O–H groups in total. The predicted octanol–water partition coefficient (Wildman–Crippen LogP) is 3.73. The van der Waals surface area contributed by atoms with Crippen LogP contribution in [0.15, 0.2) is 47.5 Å². The van der Waals surface area contributed by atoms with E-state index in [0.29, 0.717) is 17.0 Å². The summed E-state index contributed by atoms with van der Waals surface area (Å²) < 4.78 is 14.7. The Hall–Kier alpha value is -3.10. The Labute approximate surface area is 219 Å². The largest absolute Gasteiger partial charge is 0.497 e. The van der Waals surface area contributed by atoms with Gasteiger partial charge in [-0.25, -0.2) is 0 Å². The smallest absolute Gasteiger partial charge is 0.275 e. The molecule has 1 amide bonds. The van der Waals surface area contributed by atoms with Crippen LogP contribution in [-0.4, -0.2) is 64.8 Å². The Balaban J connectivity index is 1.56. The van der Waals surface area contributed by atoms with Crippen LogP contribution in [0.5, 0.6) is 5.75 Å². The highest BCUT2D eigenvalue weighted by Gasteiger charge is 2.21. The molecule has 0 bridgehead atoms. The maximum atomic E-state index is 13.6. The lowest BCUT2D eigenvalue weighted by Gasteiger charge is -2.35. The van der Waals surface area contributed by atoms with Gasteiger partial charge in [-0.2, -0.15) is 0 Å². The van der Waals surface area contributed by atoms with Crippen LogP contribution < -0.4 is 15.6 Å². The number of methoxy groups -OCH3 is 1. The molecule has 2 aromatic heterocycles. The van der Waals surface area contributed by atoms with Crippen molar-refractivity contribution in [3.8, 4) is 17.0 Å². The van der Waals surface area contributed by atoms with E-state index >= 15 is 0 Å². The van der Waals surface area contributed by atoms with Gasteiger partial charge in [0.05, 0.1) is 25.0 Å². The lowest BCUT2D eigenvalue weighted by Crippen LogP contribution is -2.45. The molecular weight excluding hydrogens is 468 g/mol. The van der Waals surface area contributed by atoms with Crippen molar-refractivity contribution in [2.75, 3.05) is 26.7 Å². The zero-order valence-corrected chi connectivity index (χ0v) is 22.7. The van der Waals surface area contributed by atoms with Crippen molar-refractivity contribution < 1.29 is 14.3 Å². The van der Waals surface area contributed by atoms with Gasteiger partial charge < -0.3 is 19.2 Å². The van der Waals surface area contributed by atoms with Crippen molar-refractivity contribution in [3.05, 3.63) is 58.6 Å². The fourth-order valence-corrected chi connectivity index (χ4v) is 5.21. The number of amides is 1. The summed E-state index contributed by atoms with van der Waals surface area (Å²) in [5.41, 5.74) is 3.02. The summed E-state index contributed by atoms with van der Waals surface area (Å²) in [6.45, 7) is 11.1. The molecule has 1 saturated heterocycles. The number of benzene rings is 1. The number of unbranched alkanes of at least 4 members (excludes halogenated alkanes) is 1. The highest BCUT2D eigenvalue weighted by Crippen LogP contribution is 2.24. The molecule has 3 heterocycles. The quantitative estimate of drug-likeness (QED) is 0.422. The molecule has 2 atom stereocenters. The van der Waals surface area contributed by atoms with Crippen molar-refractivity contribution in [1.29, 1.82) is 0 Å². The standard InChI is InChI=1S/C29H40N4O4/c1-20(2)30-28(34)19-33-27(24-10-8-11-25(14-24)36-5)18-32-17-23(13-26(32)29(33)35)9-6-7-12-31-15-21(3)37-22(4)16-31/h8,10-11,13-14,17-18,20-22H,6-7,9,12,15-16,19H2,1-5H3,(H,30,34)/t21-,22-/m1/s1. The number of aryl methyl sites for hydroxylation is 1. The van der Waals surface area contributed by atoms with E-state index in [9.17, 15) is 9.59 Å². The van der Waals surface area contributed by atoms with Gasteiger partial charge in [-0.3, -0.25) is 19.1 Å². The average molecular weight is 509 g/mol. The number of morpholine rings is 1. The number of nitrogens with one attached hydrogen (secondary N) is 1. The van der Waals surface area contributed by atoms with Crippen molar-refractivity contribution >= 4 is 11.4 Å². The molecule has 0 unspecified atom stereocenters. The van der Waals surface area contributed by atoms with E-state index in [4.69, 9.17) is 9.47 Å². The zero-order valence-electron chi connectivity index (χ0n) is 22.7. The van der Waals surface area contributed by atoms with Gasteiger partial charge in [0.15, 0.2) is 0 Å². The summed E-state index contributed by atoms with van der Waals surface area (Å²) in [4.78, 5) is 28.8. The minimum Gasteiger partial charge on any atom is -0.497 e. The molecular formula is C29H40N4O4. The van der Waals surface area contributed by atoms with E-state index in [1.807, 2.05) is 61.0 Å². The van der Waals surface area contributed by atoms with Gasteiger partial charge >= 0.3 is 0 Å². The molecule has 37 heavy (non-hydrogen) atoms. The first kappa shape index (κ1) is 26.9. The van der Waals surface area contributed by atoms with Crippen LogP contribution >= 0.6 is 0 Å². The van der Waals surface area contributed by atoms with Crippen molar-refractivity contribution in [2.24, 2.45) is 0 Å². The number of hydrogen-bond donors (Lipinski definition) is 1. The zero-order chi connectivity index (χ0) is 26.5. The predicted molar refractivity (Wildman–Crippen MR) is 146 cm³/mol. The molecule has 4 rings (SSSR count). The van der Waals surface area contributed by atoms with E-state index in [1.165, 1.54) is 0 Å². The van der Waals surface area contributed by atoms with E-state index in [0.717, 1.165) is 50.0 Å². The van der Waals surface area contributed by atoms with Crippen molar-refractivity contribution in [2.45, 2.75) is 71.8 Å². The second kappa shape index (κ2) is 12.0. The molecule has 1 aliphatic rings. The Kier molecular flexibility index (Phi) is 8.71. The number of carbonyl (C=O) groups is 1. The van der Waals surface area contributed by atoms with Crippen LogP contribution in [0.25, 0.3) is 16.8 Å². The van der Waals surface area contributed by atoms with Gasteiger partial charge in [0.25, 0.3) is 5.56 Å². The van der Waals surface area contributed by atoms with Crippen LogP contribution in [-0.2, 0) is 22.5 Å². The first-order valence-corrected chi connectivity index (χ1v) is 13.3. The van der Waals surface area contributed by atoms with Gasteiger partial charge in [-0.05, 0) is 77.3 Å².